The molecule has 0 atom stereocenters. The van der Waals surface area contributed by atoms with Crippen molar-refractivity contribution < 1.29 is 53.5 Å². The van der Waals surface area contributed by atoms with Crippen LogP contribution < -0.4 is 10.6 Å². The highest BCUT2D eigenvalue weighted by atomic mass is 35.5. The lowest BCUT2D eigenvalue weighted by Crippen LogP contribution is -2.56. The Morgan fingerprint density at radius 1 is 0.588 bits per heavy atom. The number of carbonyl (C=O) groups is 2. The normalized spacial score (nSPS) is 12.9. The smallest absolute Gasteiger partial charge is 0.319 e. The van der Waals surface area contributed by atoms with E-state index in [0.717, 1.165) is 10.6 Å². The van der Waals surface area contributed by atoms with Crippen molar-refractivity contribution in [3.05, 3.63) is 57.6 Å². The molecule has 16 heteroatoms. The molecule has 0 fully saturated rings. The molecule has 2 aromatic carbocycles. The number of anilines is 2. The van der Waals surface area contributed by atoms with E-state index >= 15 is 0 Å². The second-order valence-electron chi connectivity index (χ2n) is 6.44. The van der Waals surface area contributed by atoms with Crippen LogP contribution in [0.15, 0.2) is 36.4 Å². The Bertz CT molecular complexity index is 1030. The summed E-state index contributed by atoms with van der Waals surface area (Å²) in [4.78, 5) is 23.5. The number of carbonyl (C=O) groups excluding carboxylic acids is 2. The van der Waals surface area contributed by atoms with E-state index in [1.54, 1.807) is 0 Å². The van der Waals surface area contributed by atoms with E-state index in [1.807, 2.05) is 0 Å². The van der Waals surface area contributed by atoms with Crippen LogP contribution in [-0.4, -0.2) is 23.7 Å². The molecule has 0 heterocycles. The van der Waals surface area contributed by atoms with Gasteiger partial charge >= 0.3 is 36.0 Å². The zero-order chi connectivity index (χ0) is 26.3. The molecular formula is C18H8Cl2F10N2O2. The van der Waals surface area contributed by atoms with E-state index in [0.29, 0.717) is 24.3 Å². The van der Waals surface area contributed by atoms with Crippen molar-refractivity contribution in [1.29, 1.82) is 0 Å². The lowest BCUT2D eigenvalue weighted by molar-refractivity contribution is -0.204. The standard InChI is InChI=1S/C18H8Cl2F10N2O2/c19-9-3-1-7(17(25,26)27)5-11(9)31-13(33)15(21,22)16(23,24)14(34)32-12-6-8(18(28,29)30)2-4-10(12)20/h1-6H,(H,31,33)(H,32,34). The first-order valence-electron chi connectivity index (χ1n) is 8.40. The molecule has 0 saturated carbocycles. The first-order chi connectivity index (χ1) is 15.3. The molecule has 0 saturated heterocycles. The third-order valence-electron chi connectivity index (χ3n) is 4.05. The van der Waals surface area contributed by atoms with Crippen LogP contribution in [0, 0.1) is 0 Å². The summed E-state index contributed by atoms with van der Waals surface area (Å²) >= 11 is 11.0. The predicted octanol–water partition coefficient (Wildman–Crippen LogP) is 6.88. The summed E-state index contributed by atoms with van der Waals surface area (Å²) in [7, 11) is 0. The minimum Gasteiger partial charge on any atom is -0.319 e. The molecule has 0 radical (unpaired) electrons. The van der Waals surface area contributed by atoms with Gasteiger partial charge < -0.3 is 10.6 Å². The summed E-state index contributed by atoms with van der Waals surface area (Å²) < 4.78 is 133. The summed E-state index contributed by atoms with van der Waals surface area (Å²) in [5, 5.41) is 0.674. The number of alkyl halides is 10. The van der Waals surface area contributed by atoms with Gasteiger partial charge in [0, 0.05) is 0 Å². The second-order valence-corrected chi connectivity index (χ2v) is 7.26. The minimum atomic E-state index is -5.90. The van der Waals surface area contributed by atoms with Gasteiger partial charge in [-0.1, -0.05) is 23.2 Å². The third-order valence-corrected chi connectivity index (χ3v) is 4.71. The predicted molar refractivity (Wildman–Crippen MR) is 100 cm³/mol. The fraction of sp³-hybridized carbons (Fsp3) is 0.222. The molecule has 0 aromatic heterocycles. The Labute approximate surface area is 192 Å². The van der Waals surface area contributed by atoms with E-state index in [1.165, 1.54) is 0 Å². The van der Waals surface area contributed by atoms with Gasteiger partial charge in [0.1, 0.15) is 0 Å². The lowest BCUT2D eigenvalue weighted by Gasteiger charge is -2.25. The van der Waals surface area contributed by atoms with Crippen molar-refractivity contribution in [2.24, 2.45) is 0 Å². The minimum absolute atomic E-state index is 0.0803. The molecule has 0 aliphatic heterocycles. The molecule has 0 unspecified atom stereocenters. The zero-order valence-corrected chi connectivity index (χ0v) is 17.3. The van der Waals surface area contributed by atoms with E-state index in [9.17, 15) is 53.5 Å². The van der Waals surface area contributed by atoms with Crippen molar-refractivity contribution in [2.75, 3.05) is 10.6 Å². The summed E-state index contributed by atoms with van der Waals surface area (Å²) in [6.45, 7) is 0. The third kappa shape index (κ3) is 5.66. The Morgan fingerprint density at radius 3 is 1.15 bits per heavy atom. The number of rotatable bonds is 5. The fourth-order valence-electron chi connectivity index (χ4n) is 2.28. The van der Waals surface area contributed by atoms with E-state index < -0.39 is 68.6 Å². The van der Waals surface area contributed by atoms with Gasteiger partial charge in [-0.15, -0.1) is 0 Å². The molecule has 0 spiro atoms. The Hall–Kier alpha value is -2.74. The highest BCUT2D eigenvalue weighted by Crippen LogP contribution is 2.40. The van der Waals surface area contributed by atoms with Crippen molar-refractivity contribution in [2.45, 2.75) is 24.2 Å². The van der Waals surface area contributed by atoms with Crippen LogP contribution in [-0.2, 0) is 21.9 Å². The number of hydrogen-bond acceptors (Lipinski definition) is 2. The number of hydrogen-bond donors (Lipinski definition) is 2. The molecule has 0 aliphatic carbocycles. The molecule has 2 N–H and O–H groups in total. The molecule has 2 aromatic rings. The highest BCUT2D eigenvalue weighted by Gasteiger charge is 2.67. The fourth-order valence-corrected chi connectivity index (χ4v) is 2.61. The maximum absolute atomic E-state index is 14.2. The average molecular weight is 545 g/mol. The number of amides is 2. The van der Waals surface area contributed by atoms with Gasteiger partial charge in [-0.05, 0) is 36.4 Å². The van der Waals surface area contributed by atoms with Crippen LogP contribution in [0.4, 0.5) is 55.3 Å². The van der Waals surface area contributed by atoms with E-state index in [4.69, 9.17) is 23.2 Å². The molecular weight excluding hydrogens is 537 g/mol. The number of halogens is 12. The van der Waals surface area contributed by atoms with Gasteiger partial charge in [0.25, 0.3) is 0 Å². The molecule has 2 rings (SSSR count). The van der Waals surface area contributed by atoms with Gasteiger partial charge in [-0.2, -0.15) is 43.9 Å². The summed E-state index contributed by atoms with van der Waals surface area (Å²) in [5.74, 6) is -17.7. The highest BCUT2D eigenvalue weighted by molar-refractivity contribution is 6.34. The summed E-state index contributed by atoms with van der Waals surface area (Å²) in [6, 6.07) is 2.07. The quantitative estimate of drug-likeness (QED) is 0.403. The Balaban J connectivity index is 2.32. The van der Waals surface area contributed by atoms with Crippen LogP contribution in [0.3, 0.4) is 0 Å². The van der Waals surface area contributed by atoms with Gasteiger partial charge in [0.2, 0.25) is 0 Å². The van der Waals surface area contributed by atoms with Crippen molar-refractivity contribution in [3.63, 3.8) is 0 Å². The van der Waals surface area contributed by atoms with Crippen LogP contribution in [0.1, 0.15) is 11.1 Å². The van der Waals surface area contributed by atoms with E-state index in [2.05, 4.69) is 0 Å². The molecule has 4 nitrogen and oxygen atoms in total. The monoisotopic (exact) mass is 544 g/mol. The first-order valence-corrected chi connectivity index (χ1v) is 9.16. The van der Waals surface area contributed by atoms with Crippen molar-refractivity contribution in [3.8, 4) is 0 Å². The number of benzene rings is 2. The number of nitrogens with one attached hydrogen (secondary N) is 2. The molecule has 0 bridgehead atoms. The molecule has 0 aliphatic rings. The lowest BCUT2D eigenvalue weighted by atomic mass is 10.1. The zero-order valence-electron chi connectivity index (χ0n) is 15.8. The molecule has 34 heavy (non-hydrogen) atoms. The Kier molecular flexibility index (Phi) is 7.39. The Morgan fingerprint density at radius 2 is 0.882 bits per heavy atom. The SMILES string of the molecule is O=C(Nc1cc(C(F)(F)F)ccc1Cl)C(F)(F)C(F)(F)C(=O)Nc1cc(C(F)(F)F)ccc1Cl. The summed E-state index contributed by atoms with van der Waals surface area (Å²) in [6.07, 6.45) is -10.0. The topological polar surface area (TPSA) is 58.2 Å². The largest absolute Gasteiger partial charge is 0.416 e. The second kappa shape index (κ2) is 9.13. The maximum Gasteiger partial charge on any atom is 0.416 e. The van der Waals surface area contributed by atoms with Crippen LogP contribution in [0.5, 0.6) is 0 Å². The van der Waals surface area contributed by atoms with Crippen LogP contribution in [0.25, 0.3) is 0 Å². The first kappa shape index (κ1) is 27.5. The molecule has 186 valence electrons. The van der Waals surface area contributed by atoms with E-state index in [-0.39, 0.29) is 12.1 Å². The van der Waals surface area contributed by atoms with Crippen LogP contribution in [0.2, 0.25) is 10.0 Å². The van der Waals surface area contributed by atoms with Crippen LogP contribution >= 0.6 is 23.2 Å². The maximum atomic E-state index is 14.2. The summed E-state index contributed by atoms with van der Waals surface area (Å²) in [5.41, 5.74) is -5.20. The van der Waals surface area contributed by atoms with Gasteiger partial charge in [-0.25, -0.2) is 0 Å². The van der Waals surface area contributed by atoms with Crippen molar-refractivity contribution in [1.82, 2.24) is 0 Å². The van der Waals surface area contributed by atoms with Gasteiger partial charge in [-0.3, -0.25) is 9.59 Å². The average Bonchev–Trinajstić information content (AvgIpc) is 2.69. The van der Waals surface area contributed by atoms with Gasteiger partial charge in [0.05, 0.1) is 32.5 Å². The molecule has 2 amide bonds. The van der Waals surface area contributed by atoms with Crippen molar-refractivity contribution >= 4 is 46.4 Å². The van der Waals surface area contributed by atoms with Gasteiger partial charge in [0.15, 0.2) is 0 Å².